The van der Waals surface area contributed by atoms with E-state index in [2.05, 4.69) is 116 Å². The molecule has 0 radical (unpaired) electrons. The fraction of sp³-hybridized carbons (Fsp3) is 0.543. The summed E-state index contributed by atoms with van der Waals surface area (Å²) in [5, 5.41) is 0.0691. The number of benzene rings is 2. The van der Waals surface area contributed by atoms with Gasteiger partial charge in [-0.2, -0.15) is 0 Å². The van der Waals surface area contributed by atoms with Gasteiger partial charge >= 0.3 is 0 Å². The zero-order chi connectivity index (χ0) is 32.1. The highest BCUT2D eigenvalue weighted by atomic mass is 32.2. The van der Waals surface area contributed by atoms with E-state index in [0.29, 0.717) is 10.7 Å². The first-order chi connectivity index (χ1) is 19.9. The third-order valence-corrected chi connectivity index (χ3v) is 19.8. The molecule has 2 aromatic rings. The summed E-state index contributed by atoms with van der Waals surface area (Å²) >= 11 is 7.34. The van der Waals surface area contributed by atoms with Gasteiger partial charge in [-0.1, -0.05) is 138 Å². The molecule has 2 aromatic carbocycles. The van der Waals surface area contributed by atoms with Crippen LogP contribution in [0, 0.1) is 0 Å². The van der Waals surface area contributed by atoms with Crippen molar-refractivity contribution in [1.82, 2.24) is 4.90 Å². The average Bonchev–Trinajstić information content (AvgIpc) is 3.26. The maximum Gasteiger partial charge on any atom is 0.230 e. The summed E-state index contributed by atoms with van der Waals surface area (Å²) in [5.74, 6) is 0.877. The third kappa shape index (κ3) is 10.2. The predicted octanol–water partition coefficient (Wildman–Crippen LogP) is 9.73. The fourth-order valence-electron chi connectivity index (χ4n) is 4.63. The number of amides is 1. The van der Waals surface area contributed by atoms with Crippen molar-refractivity contribution < 1.29 is 13.6 Å². The lowest BCUT2D eigenvalue weighted by Gasteiger charge is -2.42. The number of nitrogens with zero attached hydrogens (tertiary/aromatic N) is 1. The second-order valence-corrected chi connectivity index (χ2v) is 26.0. The van der Waals surface area contributed by atoms with Gasteiger partial charge in [-0.25, -0.2) is 0 Å². The Balaban J connectivity index is 1.91. The molecular weight excluding hydrogens is 603 g/mol. The van der Waals surface area contributed by atoms with Crippen LogP contribution in [0.25, 0.3) is 6.08 Å². The molecule has 0 unspecified atom stereocenters. The Morgan fingerprint density at radius 2 is 1.47 bits per heavy atom. The normalized spacial score (nSPS) is 18.3. The Kier molecular flexibility index (Phi) is 12.3. The van der Waals surface area contributed by atoms with Crippen LogP contribution in [0.5, 0.6) is 0 Å². The highest BCUT2D eigenvalue weighted by Gasteiger charge is 2.43. The number of hydrogen-bond acceptors (Lipinski definition) is 5. The van der Waals surface area contributed by atoms with Crippen molar-refractivity contribution in [2.45, 2.75) is 115 Å². The van der Waals surface area contributed by atoms with Crippen LogP contribution >= 0.6 is 24.0 Å². The second kappa shape index (κ2) is 14.7. The van der Waals surface area contributed by atoms with Crippen molar-refractivity contribution in [3.05, 3.63) is 77.9 Å². The molecule has 0 spiro atoms. The number of carbonyl (C=O) groups is 1. The highest BCUT2D eigenvalue weighted by Crippen LogP contribution is 2.41. The van der Waals surface area contributed by atoms with E-state index in [0.717, 1.165) is 17.7 Å². The maximum absolute atomic E-state index is 14.1. The van der Waals surface area contributed by atoms with Crippen LogP contribution in [-0.4, -0.2) is 55.8 Å². The molecule has 0 aliphatic carbocycles. The largest absolute Gasteiger partial charge is 0.413 e. The van der Waals surface area contributed by atoms with Gasteiger partial charge in [0, 0.05) is 12.2 Å². The van der Waals surface area contributed by atoms with Gasteiger partial charge in [-0.05, 0) is 53.8 Å². The molecule has 3 atom stereocenters. The Morgan fingerprint density at radius 1 is 0.930 bits per heavy atom. The SMILES string of the molecule is CC(C)(C)[Si](C)(C)O[C@H](CC(=O)N1C(=S)SC[C@@H]1Cc1ccccc1)C[C@H](/C=C/c1ccccc1)O[Si](C)(C)C(C)(C)C. The van der Waals surface area contributed by atoms with Gasteiger partial charge in [0.15, 0.2) is 16.6 Å². The fourth-order valence-corrected chi connectivity index (χ4v) is 8.72. The van der Waals surface area contributed by atoms with Crippen molar-refractivity contribution >= 4 is 56.9 Å². The summed E-state index contributed by atoms with van der Waals surface area (Å²) in [7, 11) is -4.31. The van der Waals surface area contributed by atoms with E-state index < -0.39 is 16.6 Å². The Bertz CT molecular complexity index is 1240. The first-order valence-corrected chi connectivity index (χ1v) is 22.7. The molecule has 236 valence electrons. The van der Waals surface area contributed by atoms with Crippen LogP contribution in [0.3, 0.4) is 0 Å². The predicted molar refractivity (Wildman–Crippen MR) is 195 cm³/mol. The third-order valence-electron chi connectivity index (χ3n) is 9.26. The Hall–Kier alpha value is -1.56. The average molecular weight is 656 g/mol. The minimum absolute atomic E-state index is 0.0125. The smallest absolute Gasteiger partial charge is 0.230 e. The van der Waals surface area contributed by atoms with E-state index in [1.165, 1.54) is 5.56 Å². The van der Waals surface area contributed by atoms with Gasteiger partial charge in [0.05, 0.1) is 24.7 Å². The molecule has 1 fully saturated rings. The van der Waals surface area contributed by atoms with Gasteiger partial charge < -0.3 is 8.85 Å². The number of carbonyl (C=O) groups excluding carboxylic acids is 1. The summed E-state index contributed by atoms with van der Waals surface area (Å²) in [5.41, 5.74) is 2.35. The van der Waals surface area contributed by atoms with Crippen molar-refractivity contribution in [2.24, 2.45) is 0 Å². The van der Waals surface area contributed by atoms with E-state index in [1.807, 2.05) is 29.2 Å². The van der Waals surface area contributed by atoms with Gasteiger partial charge in [-0.15, -0.1) is 0 Å². The molecule has 4 nitrogen and oxygen atoms in total. The summed E-state index contributed by atoms with van der Waals surface area (Å²) in [6, 6.07) is 20.8. The van der Waals surface area contributed by atoms with E-state index in [1.54, 1.807) is 11.8 Å². The lowest BCUT2D eigenvalue weighted by molar-refractivity contribution is -0.130. The first kappa shape index (κ1) is 35.9. The number of rotatable bonds is 12. The van der Waals surface area contributed by atoms with Crippen LogP contribution in [0.15, 0.2) is 66.7 Å². The molecule has 0 saturated carbocycles. The summed E-state index contributed by atoms with van der Waals surface area (Å²) in [6.45, 7) is 22.7. The molecule has 1 heterocycles. The zero-order valence-electron chi connectivity index (χ0n) is 28.0. The lowest BCUT2D eigenvalue weighted by atomic mass is 10.0. The highest BCUT2D eigenvalue weighted by molar-refractivity contribution is 8.23. The van der Waals surface area contributed by atoms with Crippen molar-refractivity contribution in [2.75, 3.05) is 5.75 Å². The van der Waals surface area contributed by atoms with Crippen LogP contribution in [0.4, 0.5) is 0 Å². The minimum Gasteiger partial charge on any atom is -0.413 e. The monoisotopic (exact) mass is 655 g/mol. The molecule has 1 aliphatic rings. The molecule has 8 heteroatoms. The Morgan fingerprint density at radius 3 is 2.02 bits per heavy atom. The number of hydrogen-bond donors (Lipinski definition) is 0. The summed E-state index contributed by atoms with van der Waals surface area (Å²) in [6.07, 6.45) is 5.56. The lowest BCUT2D eigenvalue weighted by Crippen LogP contribution is -2.48. The number of thiocarbonyl (C=S) groups is 1. The van der Waals surface area contributed by atoms with Crippen LogP contribution < -0.4 is 0 Å². The van der Waals surface area contributed by atoms with Crippen molar-refractivity contribution in [1.29, 1.82) is 0 Å². The molecule has 1 saturated heterocycles. The topological polar surface area (TPSA) is 38.8 Å². The van der Waals surface area contributed by atoms with Gasteiger partial charge in [0.2, 0.25) is 5.91 Å². The molecule has 43 heavy (non-hydrogen) atoms. The molecule has 1 aliphatic heterocycles. The summed E-state index contributed by atoms with van der Waals surface area (Å²) < 4.78 is 14.7. The molecule has 1 amide bonds. The Labute approximate surface area is 273 Å². The van der Waals surface area contributed by atoms with Crippen LogP contribution in [0.2, 0.25) is 36.3 Å². The zero-order valence-corrected chi connectivity index (χ0v) is 31.6. The van der Waals surface area contributed by atoms with E-state index in [9.17, 15) is 4.79 Å². The minimum atomic E-state index is -2.20. The maximum atomic E-state index is 14.1. The standard InChI is InChI=1S/C35H53NO3S2Si2/c1-34(2,3)42(7,8)38-30(22-21-27-17-13-11-14-18-27)24-31(39-43(9,10)35(4,5)6)25-32(37)36-29(26-41-33(36)40)23-28-19-15-12-16-20-28/h11-22,29-31H,23-26H2,1-10H3/b22-21+/t29-,30-,31-/m0/s1. The van der Waals surface area contributed by atoms with Crippen molar-refractivity contribution in [3.63, 3.8) is 0 Å². The molecule has 0 aromatic heterocycles. The van der Waals surface area contributed by atoms with Gasteiger partial charge in [0.1, 0.15) is 4.32 Å². The van der Waals surface area contributed by atoms with Gasteiger partial charge in [-0.3, -0.25) is 9.69 Å². The van der Waals surface area contributed by atoms with Gasteiger partial charge in [0.25, 0.3) is 0 Å². The van der Waals surface area contributed by atoms with Crippen LogP contribution in [0.1, 0.15) is 65.5 Å². The quantitative estimate of drug-likeness (QED) is 0.168. The molecular formula is C35H53NO3S2Si2. The van der Waals surface area contributed by atoms with E-state index >= 15 is 0 Å². The molecule has 0 bridgehead atoms. The van der Waals surface area contributed by atoms with E-state index in [-0.39, 0.29) is 40.7 Å². The first-order valence-electron chi connectivity index (χ1n) is 15.5. The van der Waals surface area contributed by atoms with Crippen molar-refractivity contribution in [3.8, 4) is 0 Å². The van der Waals surface area contributed by atoms with Crippen LogP contribution in [-0.2, 0) is 20.1 Å². The number of thioether (sulfide) groups is 1. The second-order valence-electron chi connectivity index (χ2n) is 14.8. The molecule has 3 rings (SSSR count). The summed E-state index contributed by atoms with van der Waals surface area (Å²) in [4.78, 5) is 16.0. The molecule has 0 N–H and O–H groups in total. The van der Waals surface area contributed by atoms with E-state index in [4.69, 9.17) is 21.1 Å².